The van der Waals surface area contributed by atoms with Crippen LogP contribution in [0, 0.1) is 5.82 Å². The summed E-state index contributed by atoms with van der Waals surface area (Å²) in [5.74, 6) is -0.368. The molecule has 1 atom stereocenters. The molecule has 6 heteroatoms. The lowest BCUT2D eigenvalue weighted by molar-refractivity contribution is 0.0384. The number of nitrogens with two attached hydrogens (primary N) is 1. The molecular formula is C17H21ClFN3O. The van der Waals surface area contributed by atoms with Gasteiger partial charge in [-0.15, -0.1) is 0 Å². The molecular weight excluding hydrogens is 317 g/mol. The van der Waals surface area contributed by atoms with E-state index in [0.717, 1.165) is 38.5 Å². The van der Waals surface area contributed by atoms with Crippen molar-refractivity contribution in [2.45, 2.75) is 19.4 Å². The van der Waals surface area contributed by atoms with Crippen LogP contribution in [0.1, 0.15) is 24.4 Å². The molecule has 0 aliphatic carbocycles. The standard InChI is InChI=1S/C17H21ClFN3O/c1-11(20)17-16(19)12-3-2-4-13(18)15(12)14(21-17)5-6-22-7-9-23-10-8-22/h2-4,11H,5-10,20H2,1H3. The van der Waals surface area contributed by atoms with Crippen molar-refractivity contribution in [1.29, 1.82) is 0 Å². The Balaban J connectivity index is 1.98. The molecule has 0 radical (unpaired) electrons. The predicted molar refractivity (Wildman–Crippen MR) is 90.3 cm³/mol. The van der Waals surface area contributed by atoms with Crippen LogP contribution in [0.4, 0.5) is 4.39 Å². The molecule has 2 aromatic rings. The van der Waals surface area contributed by atoms with Gasteiger partial charge >= 0.3 is 0 Å². The summed E-state index contributed by atoms with van der Waals surface area (Å²) in [6.07, 6.45) is 0.709. The second-order valence-electron chi connectivity index (χ2n) is 5.91. The fourth-order valence-corrected chi connectivity index (χ4v) is 3.24. The van der Waals surface area contributed by atoms with E-state index >= 15 is 0 Å². The zero-order valence-corrected chi connectivity index (χ0v) is 13.9. The second kappa shape index (κ2) is 7.09. The van der Waals surface area contributed by atoms with Crippen molar-refractivity contribution in [1.82, 2.24) is 9.88 Å². The average molecular weight is 338 g/mol. The highest BCUT2D eigenvalue weighted by Crippen LogP contribution is 2.31. The summed E-state index contributed by atoms with van der Waals surface area (Å²) in [7, 11) is 0. The van der Waals surface area contributed by atoms with E-state index in [2.05, 4.69) is 9.88 Å². The molecule has 1 aromatic carbocycles. The first-order chi connectivity index (χ1) is 11.1. The van der Waals surface area contributed by atoms with Crippen LogP contribution < -0.4 is 5.73 Å². The summed E-state index contributed by atoms with van der Waals surface area (Å²) in [6, 6.07) is 4.81. The quantitative estimate of drug-likeness (QED) is 0.932. The predicted octanol–water partition coefficient (Wildman–Crippen LogP) is 2.92. The van der Waals surface area contributed by atoms with Gasteiger partial charge in [0.2, 0.25) is 0 Å². The summed E-state index contributed by atoms with van der Waals surface area (Å²) in [6.45, 7) is 5.92. The van der Waals surface area contributed by atoms with Gasteiger partial charge in [0.05, 0.1) is 29.6 Å². The average Bonchev–Trinajstić information content (AvgIpc) is 2.55. The summed E-state index contributed by atoms with van der Waals surface area (Å²) in [5, 5.41) is 1.73. The van der Waals surface area contributed by atoms with E-state index < -0.39 is 6.04 Å². The maximum atomic E-state index is 14.6. The minimum absolute atomic E-state index is 0.303. The molecule has 0 bridgehead atoms. The monoisotopic (exact) mass is 337 g/mol. The van der Waals surface area contributed by atoms with Crippen molar-refractivity contribution in [2.24, 2.45) is 5.73 Å². The highest BCUT2D eigenvalue weighted by atomic mass is 35.5. The van der Waals surface area contributed by atoms with Crippen molar-refractivity contribution in [3.05, 3.63) is 40.4 Å². The molecule has 0 spiro atoms. The van der Waals surface area contributed by atoms with Gasteiger partial charge in [0, 0.05) is 42.9 Å². The Morgan fingerprint density at radius 3 is 2.83 bits per heavy atom. The van der Waals surface area contributed by atoms with Crippen LogP contribution in [-0.2, 0) is 11.2 Å². The third-order valence-electron chi connectivity index (χ3n) is 4.22. The van der Waals surface area contributed by atoms with Crippen LogP contribution in [0.25, 0.3) is 10.8 Å². The fraction of sp³-hybridized carbons (Fsp3) is 0.471. The van der Waals surface area contributed by atoms with E-state index in [4.69, 9.17) is 22.1 Å². The highest BCUT2D eigenvalue weighted by Gasteiger charge is 2.19. The van der Waals surface area contributed by atoms with Crippen LogP contribution in [-0.4, -0.2) is 42.7 Å². The number of rotatable bonds is 4. The van der Waals surface area contributed by atoms with Crippen molar-refractivity contribution in [3.63, 3.8) is 0 Å². The molecule has 3 rings (SSSR count). The zero-order valence-electron chi connectivity index (χ0n) is 13.2. The molecule has 23 heavy (non-hydrogen) atoms. The lowest BCUT2D eigenvalue weighted by Crippen LogP contribution is -2.37. The molecule has 1 fully saturated rings. The van der Waals surface area contributed by atoms with Gasteiger partial charge in [0.25, 0.3) is 0 Å². The largest absolute Gasteiger partial charge is 0.379 e. The van der Waals surface area contributed by atoms with E-state index in [9.17, 15) is 4.39 Å². The third-order valence-corrected chi connectivity index (χ3v) is 4.53. The molecule has 2 N–H and O–H groups in total. The number of hydrogen-bond donors (Lipinski definition) is 1. The summed E-state index contributed by atoms with van der Waals surface area (Å²) in [5.41, 5.74) is 7.00. The lowest BCUT2D eigenvalue weighted by atomic mass is 10.0. The van der Waals surface area contributed by atoms with Gasteiger partial charge in [-0.2, -0.15) is 0 Å². The molecule has 1 aromatic heterocycles. The minimum Gasteiger partial charge on any atom is -0.379 e. The van der Waals surface area contributed by atoms with Crippen LogP contribution >= 0.6 is 11.6 Å². The summed E-state index contributed by atoms with van der Waals surface area (Å²) >= 11 is 6.32. The number of aromatic nitrogens is 1. The SMILES string of the molecule is CC(N)c1nc(CCN2CCOCC2)c2c(Cl)cccc2c1F. The van der Waals surface area contributed by atoms with Gasteiger partial charge in [-0.25, -0.2) is 4.39 Å². The van der Waals surface area contributed by atoms with E-state index in [1.165, 1.54) is 0 Å². The van der Waals surface area contributed by atoms with Gasteiger partial charge in [-0.3, -0.25) is 9.88 Å². The molecule has 124 valence electrons. The van der Waals surface area contributed by atoms with Crippen molar-refractivity contribution >= 4 is 22.4 Å². The molecule has 4 nitrogen and oxygen atoms in total. The number of halogens is 2. The molecule has 0 saturated carbocycles. The van der Waals surface area contributed by atoms with Gasteiger partial charge in [0.1, 0.15) is 0 Å². The number of fused-ring (bicyclic) bond motifs is 1. The molecule has 1 saturated heterocycles. The zero-order chi connectivity index (χ0) is 16.4. The lowest BCUT2D eigenvalue weighted by Gasteiger charge is -2.26. The Hall–Kier alpha value is -1.27. The first-order valence-corrected chi connectivity index (χ1v) is 8.28. The van der Waals surface area contributed by atoms with Gasteiger partial charge in [-0.05, 0) is 13.0 Å². The number of hydrogen-bond acceptors (Lipinski definition) is 4. The molecule has 1 aliphatic rings. The molecule has 0 amide bonds. The maximum absolute atomic E-state index is 14.6. The topological polar surface area (TPSA) is 51.4 Å². The van der Waals surface area contributed by atoms with Crippen LogP contribution in [0.15, 0.2) is 18.2 Å². The van der Waals surface area contributed by atoms with Crippen LogP contribution in [0.3, 0.4) is 0 Å². The van der Waals surface area contributed by atoms with E-state index in [0.29, 0.717) is 27.9 Å². The van der Waals surface area contributed by atoms with Crippen molar-refractivity contribution in [3.8, 4) is 0 Å². The van der Waals surface area contributed by atoms with Crippen molar-refractivity contribution in [2.75, 3.05) is 32.8 Å². The Morgan fingerprint density at radius 1 is 1.39 bits per heavy atom. The van der Waals surface area contributed by atoms with E-state index in [-0.39, 0.29) is 5.82 Å². The number of pyridine rings is 1. The fourth-order valence-electron chi connectivity index (χ4n) is 2.96. The second-order valence-corrected chi connectivity index (χ2v) is 6.32. The summed E-state index contributed by atoms with van der Waals surface area (Å²) < 4.78 is 20.0. The first kappa shape index (κ1) is 16.6. The van der Waals surface area contributed by atoms with Crippen LogP contribution in [0.2, 0.25) is 5.02 Å². The Labute approximate surface area is 140 Å². The van der Waals surface area contributed by atoms with E-state index in [1.807, 2.05) is 0 Å². The highest BCUT2D eigenvalue weighted by molar-refractivity contribution is 6.35. The van der Waals surface area contributed by atoms with Gasteiger partial charge < -0.3 is 10.5 Å². The molecule has 1 unspecified atom stereocenters. The molecule has 2 heterocycles. The number of benzene rings is 1. The van der Waals surface area contributed by atoms with Gasteiger partial charge in [0.15, 0.2) is 5.82 Å². The van der Waals surface area contributed by atoms with E-state index in [1.54, 1.807) is 25.1 Å². The normalized spacial score (nSPS) is 17.6. The van der Waals surface area contributed by atoms with Crippen molar-refractivity contribution < 1.29 is 9.13 Å². The molecule has 1 aliphatic heterocycles. The van der Waals surface area contributed by atoms with Gasteiger partial charge in [-0.1, -0.05) is 23.7 Å². The Bertz CT molecular complexity index is 702. The third kappa shape index (κ3) is 3.48. The summed E-state index contributed by atoms with van der Waals surface area (Å²) in [4.78, 5) is 6.82. The smallest absolute Gasteiger partial charge is 0.154 e. The number of morpholine rings is 1. The first-order valence-electron chi connectivity index (χ1n) is 7.90. The minimum atomic E-state index is -0.458. The number of ether oxygens (including phenoxy) is 1. The van der Waals surface area contributed by atoms with Crippen LogP contribution in [0.5, 0.6) is 0 Å². The maximum Gasteiger partial charge on any atom is 0.154 e. The number of nitrogens with zero attached hydrogens (tertiary/aromatic N) is 2. The Morgan fingerprint density at radius 2 is 2.13 bits per heavy atom. The Kier molecular flexibility index (Phi) is 5.11.